The number of aromatic nitrogens is 1. The van der Waals surface area contributed by atoms with Gasteiger partial charge in [0.15, 0.2) is 5.75 Å². The van der Waals surface area contributed by atoms with Crippen LogP contribution in [0.4, 0.5) is 8.78 Å². The van der Waals surface area contributed by atoms with Gasteiger partial charge in [0.1, 0.15) is 5.15 Å². The minimum atomic E-state index is -2.78. The number of hydrogen-bond donors (Lipinski definition) is 1. The van der Waals surface area contributed by atoms with Crippen LogP contribution in [0.2, 0.25) is 5.15 Å². The summed E-state index contributed by atoms with van der Waals surface area (Å²) in [5.74, 6) is -0.403. The lowest BCUT2D eigenvalue weighted by molar-refractivity contribution is 0.146. The number of methoxy groups -OCH3 is 1. The summed E-state index contributed by atoms with van der Waals surface area (Å²) in [7, 11) is 1.14. The molecule has 6 heteroatoms. The van der Waals surface area contributed by atoms with Crippen LogP contribution in [0.3, 0.4) is 0 Å². The molecule has 13 heavy (non-hydrogen) atoms. The van der Waals surface area contributed by atoms with Crippen molar-refractivity contribution in [2.45, 2.75) is 6.43 Å². The van der Waals surface area contributed by atoms with Crippen LogP contribution in [0.25, 0.3) is 0 Å². The average Bonchev–Trinajstić information content (AvgIpc) is 2.02. The van der Waals surface area contributed by atoms with Crippen molar-refractivity contribution in [2.24, 2.45) is 0 Å². The summed E-state index contributed by atoms with van der Waals surface area (Å²) in [4.78, 5) is 13.1. The maximum atomic E-state index is 12.3. The molecule has 0 saturated carbocycles. The van der Waals surface area contributed by atoms with Crippen LogP contribution in [0, 0.1) is 0 Å². The Morgan fingerprint density at radius 1 is 1.62 bits per heavy atom. The molecule has 0 aliphatic carbocycles. The third-order valence-electron chi connectivity index (χ3n) is 1.42. The van der Waals surface area contributed by atoms with E-state index in [-0.39, 0.29) is 5.15 Å². The van der Waals surface area contributed by atoms with E-state index in [4.69, 9.17) is 11.6 Å². The number of alkyl halides is 2. The molecule has 0 aliphatic heterocycles. The van der Waals surface area contributed by atoms with E-state index in [1.807, 2.05) is 0 Å². The van der Waals surface area contributed by atoms with Gasteiger partial charge in [0, 0.05) is 0 Å². The second-order valence-electron chi connectivity index (χ2n) is 2.24. The number of rotatable bonds is 2. The summed E-state index contributed by atoms with van der Waals surface area (Å²) in [5, 5.41) is -0.138. The molecule has 0 aliphatic rings. The lowest BCUT2D eigenvalue weighted by Crippen LogP contribution is -2.12. The molecule has 0 atom stereocenters. The Kier molecular flexibility index (Phi) is 2.87. The smallest absolute Gasteiger partial charge is 0.291 e. The molecule has 0 aromatic carbocycles. The van der Waals surface area contributed by atoms with Gasteiger partial charge in [-0.1, -0.05) is 11.6 Å². The number of ether oxygens (including phenoxy) is 1. The first-order valence-corrected chi connectivity index (χ1v) is 3.69. The Morgan fingerprint density at radius 3 is 2.69 bits per heavy atom. The summed E-state index contributed by atoms with van der Waals surface area (Å²) in [6, 6.07) is 0.965. The van der Waals surface area contributed by atoms with E-state index in [1.54, 1.807) is 0 Å². The Labute approximate surface area is 77.3 Å². The quantitative estimate of drug-likeness (QED) is 0.757. The lowest BCUT2D eigenvalue weighted by atomic mass is 10.2. The molecular formula is C7H6ClF2NO2. The van der Waals surface area contributed by atoms with E-state index in [1.165, 1.54) is 0 Å². The number of hydrogen-bond acceptors (Lipinski definition) is 2. The highest BCUT2D eigenvalue weighted by Crippen LogP contribution is 2.26. The molecular weight excluding hydrogens is 204 g/mol. The molecule has 0 amide bonds. The largest absolute Gasteiger partial charge is 0.491 e. The summed E-state index contributed by atoms with van der Waals surface area (Å²) in [5.41, 5.74) is -1.26. The Balaban J connectivity index is 3.38. The van der Waals surface area contributed by atoms with Crippen molar-refractivity contribution in [1.82, 2.24) is 4.98 Å². The van der Waals surface area contributed by atoms with Crippen LogP contribution in [0.15, 0.2) is 10.9 Å². The fourth-order valence-electron chi connectivity index (χ4n) is 0.907. The second-order valence-corrected chi connectivity index (χ2v) is 2.64. The van der Waals surface area contributed by atoms with Crippen molar-refractivity contribution in [2.75, 3.05) is 7.11 Å². The van der Waals surface area contributed by atoms with Crippen LogP contribution in [0.1, 0.15) is 12.0 Å². The van der Waals surface area contributed by atoms with Crippen LogP contribution in [-0.4, -0.2) is 12.1 Å². The van der Waals surface area contributed by atoms with Gasteiger partial charge < -0.3 is 9.72 Å². The maximum absolute atomic E-state index is 12.3. The SMILES string of the molecule is COc1c(C(F)F)cc(Cl)[nH]c1=O. The van der Waals surface area contributed by atoms with Crippen molar-refractivity contribution in [3.8, 4) is 5.75 Å². The minimum absolute atomic E-state index is 0.138. The van der Waals surface area contributed by atoms with Crippen LogP contribution >= 0.6 is 11.6 Å². The van der Waals surface area contributed by atoms with E-state index < -0.39 is 23.3 Å². The van der Waals surface area contributed by atoms with Crippen molar-refractivity contribution in [3.63, 3.8) is 0 Å². The van der Waals surface area contributed by atoms with Gasteiger partial charge in [-0.15, -0.1) is 0 Å². The van der Waals surface area contributed by atoms with E-state index in [2.05, 4.69) is 9.72 Å². The lowest BCUT2D eigenvalue weighted by Gasteiger charge is -2.05. The monoisotopic (exact) mass is 209 g/mol. The highest BCUT2D eigenvalue weighted by molar-refractivity contribution is 6.29. The Bertz CT molecular complexity index is 364. The molecule has 0 unspecified atom stereocenters. The van der Waals surface area contributed by atoms with Gasteiger partial charge in [-0.05, 0) is 6.07 Å². The fraction of sp³-hybridized carbons (Fsp3) is 0.286. The molecule has 1 heterocycles. The third kappa shape index (κ3) is 1.98. The van der Waals surface area contributed by atoms with Crippen LogP contribution in [0.5, 0.6) is 5.75 Å². The first kappa shape index (κ1) is 9.98. The van der Waals surface area contributed by atoms with E-state index in [0.717, 1.165) is 13.2 Å². The molecule has 1 aromatic rings. The molecule has 1 aromatic heterocycles. The number of pyridine rings is 1. The Hall–Kier alpha value is -1.10. The third-order valence-corrected chi connectivity index (χ3v) is 1.63. The van der Waals surface area contributed by atoms with Gasteiger partial charge in [-0.3, -0.25) is 4.79 Å². The minimum Gasteiger partial charge on any atom is -0.491 e. The zero-order valence-corrected chi connectivity index (χ0v) is 7.36. The molecule has 72 valence electrons. The molecule has 0 saturated heterocycles. The second kappa shape index (κ2) is 3.74. The van der Waals surface area contributed by atoms with Crippen molar-refractivity contribution < 1.29 is 13.5 Å². The fourth-order valence-corrected chi connectivity index (χ4v) is 1.11. The van der Waals surface area contributed by atoms with Gasteiger partial charge in [-0.25, -0.2) is 8.78 Å². The van der Waals surface area contributed by atoms with Crippen molar-refractivity contribution >= 4 is 11.6 Å². The van der Waals surface area contributed by atoms with Gasteiger partial charge >= 0.3 is 0 Å². The molecule has 0 spiro atoms. The summed E-state index contributed by atoms with van der Waals surface area (Å²) < 4.78 is 29.1. The predicted molar refractivity (Wildman–Crippen MR) is 43.6 cm³/mol. The maximum Gasteiger partial charge on any atom is 0.291 e. The molecule has 3 nitrogen and oxygen atoms in total. The Morgan fingerprint density at radius 2 is 2.23 bits per heavy atom. The van der Waals surface area contributed by atoms with E-state index in [0.29, 0.717) is 0 Å². The highest BCUT2D eigenvalue weighted by Gasteiger charge is 2.17. The van der Waals surface area contributed by atoms with Gasteiger partial charge in [0.25, 0.3) is 12.0 Å². The van der Waals surface area contributed by atoms with Gasteiger partial charge in [0.2, 0.25) is 0 Å². The molecule has 1 N–H and O–H groups in total. The number of halogens is 3. The summed E-state index contributed by atoms with van der Waals surface area (Å²) in [6.45, 7) is 0. The van der Waals surface area contributed by atoms with Gasteiger partial charge in [-0.2, -0.15) is 0 Å². The van der Waals surface area contributed by atoms with Crippen molar-refractivity contribution in [3.05, 3.63) is 27.1 Å². The predicted octanol–water partition coefficient (Wildman–Crippen LogP) is 1.97. The van der Waals surface area contributed by atoms with Crippen molar-refractivity contribution in [1.29, 1.82) is 0 Å². The summed E-state index contributed by atoms with van der Waals surface area (Å²) >= 11 is 5.38. The molecule has 0 bridgehead atoms. The standard InChI is InChI=1S/C7H6ClF2NO2/c1-13-5-3(6(9)10)2-4(8)11-7(5)12/h2,6H,1H3,(H,11,12). The van der Waals surface area contributed by atoms with Crippen LogP contribution < -0.4 is 10.3 Å². The first-order chi connectivity index (χ1) is 6.06. The normalized spacial score (nSPS) is 10.5. The number of aromatic amines is 1. The van der Waals surface area contributed by atoms with E-state index in [9.17, 15) is 13.6 Å². The highest BCUT2D eigenvalue weighted by atomic mass is 35.5. The number of H-pyrrole nitrogens is 1. The zero-order valence-electron chi connectivity index (χ0n) is 6.61. The van der Waals surface area contributed by atoms with Gasteiger partial charge in [0.05, 0.1) is 12.7 Å². The molecule has 0 radical (unpaired) electrons. The topological polar surface area (TPSA) is 42.1 Å². The average molecular weight is 210 g/mol. The first-order valence-electron chi connectivity index (χ1n) is 3.31. The van der Waals surface area contributed by atoms with E-state index >= 15 is 0 Å². The zero-order chi connectivity index (χ0) is 10.0. The summed E-state index contributed by atoms with van der Waals surface area (Å²) in [6.07, 6.45) is -2.78. The molecule has 1 rings (SSSR count). The number of nitrogens with one attached hydrogen (secondary N) is 1. The van der Waals surface area contributed by atoms with Crippen LogP contribution in [-0.2, 0) is 0 Å². The molecule has 0 fully saturated rings.